The number of hydrogen-bond acceptors (Lipinski definition) is 4. The maximum absolute atomic E-state index is 11.0. The molecular formula is C13H19F3N2O4. The van der Waals surface area contributed by atoms with Crippen molar-refractivity contribution >= 4 is 11.9 Å². The number of nitrogens with one attached hydrogen (secondary N) is 1. The summed E-state index contributed by atoms with van der Waals surface area (Å²) < 4.78 is 31.7. The molecule has 0 spiro atoms. The van der Waals surface area contributed by atoms with Crippen LogP contribution in [0, 0.1) is 28.6 Å². The summed E-state index contributed by atoms with van der Waals surface area (Å²) >= 11 is 0. The molecule has 22 heavy (non-hydrogen) atoms. The molecule has 3 unspecified atom stereocenters. The van der Waals surface area contributed by atoms with E-state index in [1.54, 1.807) is 0 Å². The summed E-state index contributed by atoms with van der Waals surface area (Å²) in [4.78, 5) is 19.9. The second kappa shape index (κ2) is 7.45. The summed E-state index contributed by atoms with van der Waals surface area (Å²) in [6, 6.07) is 1.63. The number of aliphatic carboxylic acids is 2. The molecule has 0 aromatic carbocycles. The number of halogens is 3. The second-order valence-electron chi connectivity index (χ2n) is 6.19. The van der Waals surface area contributed by atoms with Gasteiger partial charge in [0.05, 0.1) is 12.0 Å². The first-order chi connectivity index (χ1) is 9.79. The Morgan fingerprint density at radius 1 is 1.27 bits per heavy atom. The molecule has 9 heteroatoms. The van der Waals surface area contributed by atoms with Crippen LogP contribution >= 0.6 is 0 Å². The third-order valence-electron chi connectivity index (χ3n) is 3.03. The highest BCUT2D eigenvalue weighted by molar-refractivity contribution is 5.74. The van der Waals surface area contributed by atoms with Crippen molar-refractivity contribution in [1.29, 1.82) is 5.26 Å². The molecule has 1 aliphatic heterocycles. The predicted octanol–water partition coefficient (Wildman–Crippen LogP) is 1.87. The Kier molecular flexibility index (Phi) is 6.83. The lowest BCUT2D eigenvalue weighted by Gasteiger charge is -2.26. The van der Waals surface area contributed by atoms with Crippen LogP contribution in [-0.2, 0) is 9.59 Å². The van der Waals surface area contributed by atoms with Crippen molar-refractivity contribution in [3.8, 4) is 6.07 Å². The van der Waals surface area contributed by atoms with E-state index in [1.165, 1.54) is 0 Å². The lowest BCUT2D eigenvalue weighted by atomic mass is 9.77. The first kappa shape index (κ1) is 20.2. The fraction of sp³-hybridized carbons (Fsp3) is 0.769. The van der Waals surface area contributed by atoms with Crippen LogP contribution in [0.3, 0.4) is 0 Å². The molecule has 0 aromatic heterocycles. The van der Waals surface area contributed by atoms with Crippen molar-refractivity contribution < 1.29 is 33.0 Å². The smallest absolute Gasteiger partial charge is 0.480 e. The van der Waals surface area contributed by atoms with E-state index in [0.717, 1.165) is 6.42 Å². The van der Waals surface area contributed by atoms with E-state index in [-0.39, 0.29) is 17.3 Å². The van der Waals surface area contributed by atoms with Gasteiger partial charge >= 0.3 is 18.1 Å². The fourth-order valence-corrected chi connectivity index (χ4v) is 2.17. The number of rotatable bonds is 2. The van der Waals surface area contributed by atoms with E-state index < -0.39 is 24.2 Å². The van der Waals surface area contributed by atoms with Crippen LogP contribution in [0.4, 0.5) is 13.2 Å². The average Bonchev–Trinajstić information content (AvgIpc) is 2.69. The molecule has 126 valence electrons. The van der Waals surface area contributed by atoms with Crippen molar-refractivity contribution in [2.75, 3.05) is 6.54 Å². The Labute approximate surface area is 125 Å². The number of alkyl halides is 3. The van der Waals surface area contributed by atoms with E-state index in [9.17, 15) is 18.0 Å². The predicted molar refractivity (Wildman–Crippen MR) is 69.8 cm³/mol. The Bertz CT molecular complexity index is 452. The van der Waals surface area contributed by atoms with Crippen LogP contribution in [0.1, 0.15) is 27.2 Å². The highest BCUT2D eigenvalue weighted by atomic mass is 19.4. The van der Waals surface area contributed by atoms with Gasteiger partial charge in [0.15, 0.2) is 0 Å². The molecule has 1 aliphatic rings. The minimum Gasteiger partial charge on any atom is -0.480 e. The van der Waals surface area contributed by atoms with E-state index in [2.05, 4.69) is 32.2 Å². The Hall–Kier alpha value is -1.82. The Morgan fingerprint density at radius 3 is 2.00 bits per heavy atom. The number of hydrogen-bond donors (Lipinski definition) is 3. The molecule has 0 amide bonds. The zero-order valence-electron chi connectivity index (χ0n) is 12.4. The third-order valence-corrected chi connectivity index (χ3v) is 3.03. The minimum absolute atomic E-state index is 0.0550. The first-order valence-corrected chi connectivity index (χ1v) is 6.45. The molecule has 0 aromatic rings. The van der Waals surface area contributed by atoms with Gasteiger partial charge in [0.2, 0.25) is 0 Å². The van der Waals surface area contributed by atoms with Gasteiger partial charge in [0.1, 0.15) is 6.04 Å². The van der Waals surface area contributed by atoms with Crippen LogP contribution in [0.25, 0.3) is 0 Å². The maximum atomic E-state index is 11.0. The Balaban J connectivity index is 0.000000534. The molecule has 3 N–H and O–H groups in total. The topological polar surface area (TPSA) is 110 Å². The van der Waals surface area contributed by atoms with Crippen molar-refractivity contribution in [2.45, 2.75) is 39.4 Å². The number of carboxylic acids is 2. The van der Waals surface area contributed by atoms with Gasteiger partial charge in [0.25, 0.3) is 0 Å². The minimum atomic E-state index is -5.08. The molecular weight excluding hydrogens is 305 g/mol. The molecule has 0 radical (unpaired) electrons. The number of carbonyl (C=O) groups is 2. The Morgan fingerprint density at radius 2 is 1.73 bits per heavy atom. The molecule has 0 saturated carbocycles. The summed E-state index contributed by atoms with van der Waals surface area (Å²) in [5.41, 5.74) is 0.0550. The molecule has 1 saturated heterocycles. The molecule has 1 fully saturated rings. The van der Waals surface area contributed by atoms with Crippen molar-refractivity contribution in [2.24, 2.45) is 17.3 Å². The van der Waals surface area contributed by atoms with Gasteiger partial charge < -0.3 is 15.5 Å². The van der Waals surface area contributed by atoms with Gasteiger partial charge in [-0.3, -0.25) is 4.79 Å². The summed E-state index contributed by atoms with van der Waals surface area (Å²) in [5.74, 6) is -3.85. The third kappa shape index (κ3) is 6.76. The standard InChI is InChI=1S/C11H18N2O2.C2HF3O2/c1-11(2,3)4-8-7(5-12)6-13-9(8)10(14)15;3-2(4,5)1(6)7/h7-9,13H,4,6H2,1-3H3,(H,14,15);(H,6,7). The molecule has 6 nitrogen and oxygen atoms in total. The normalized spacial score (nSPS) is 24.9. The van der Waals surface area contributed by atoms with Crippen LogP contribution in [0.15, 0.2) is 0 Å². The van der Waals surface area contributed by atoms with E-state index in [4.69, 9.17) is 20.3 Å². The quantitative estimate of drug-likeness (QED) is 0.715. The summed E-state index contributed by atoms with van der Waals surface area (Å²) in [6.45, 7) is 6.70. The van der Waals surface area contributed by atoms with E-state index in [0.29, 0.717) is 6.54 Å². The lowest BCUT2D eigenvalue weighted by Crippen LogP contribution is -2.37. The van der Waals surface area contributed by atoms with Crippen molar-refractivity contribution in [1.82, 2.24) is 5.32 Å². The number of nitriles is 1. The zero-order chi connectivity index (χ0) is 17.7. The van der Waals surface area contributed by atoms with Crippen LogP contribution in [-0.4, -0.2) is 40.9 Å². The maximum Gasteiger partial charge on any atom is 0.490 e. The van der Waals surface area contributed by atoms with Crippen molar-refractivity contribution in [3.63, 3.8) is 0 Å². The lowest BCUT2D eigenvalue weighted by molar-refractivity contribution is -0.192. The second-order valence-corrected chi connectivity index (χ2v) is 6.19. The number of nitrogens with zero attached hydrogens (tertiary/aromatic N) is 1. The molecule has 3 atom stereocenters. The molecule has 0 aliphatic carbocycles. The highest BCUT2D eigenvalue weighted by Crippen LogP contribution is 2.34. The summed E-state index contributed by atoms with van der Waals surface area (Å²) in [5, 5.41) is 28.0. The summed E-state index contributed by atoms with van der Waals surface area (Å²) in [7, 11) is 0. The first-order valence-electron chi connectivity index (χ1n) is 6.45. The van der Waals surface area contributed by atoms with Gasteiger partial charge in [-0.1, -0.05) is 20.8 Å². The fourth-order valence-electron chi connectivity index (χ4n) is 2.17. The van der Waals surface area contributed by atoms with Crippen LogP contribution in [0.2, 0.25) is 0 Å². The van der Waals surface area contributed by atoms with Gasteiger partial charge in [-0.15, -0.1) is 0 Å². The van der Waals surface area contributed by atoms with Gasteiger partial charge in [-0.05, 0) is 11.8 Å². The van der Waals surface area contributed by atoms with Crippen molar-refractivity contribution in [3.05, 3.63) is 0 Å². The summed E-state index contributed by atoms with van der Waals surface area (Å²) in [6.07, 6.45) is -4.32. The van der Waals surface area contributed by atoms with E-state index in [1.807, 2.05) is 0 Å². The average molecular weight is 324 g/mol. The SMILES string of the molecule is CC(C)(C)CC1C(C#N)CNC1C(=O)O.O=C(O)C(F)(F)F. The molecule has 1 heterocycles. The van der Waals surface area contributed by atoms with Crippen LogP contribution < -0.4 is 5.32 Å². The molecule has 0 bridgehead atoms. The zero-order valence-corrected chi connectivity index (χ0v) is 12.4. The number of carboxylic acid groups (broad SMARTS) is 2. The highest BCUT2D eigenvalue weighted by Gasteiger charge is 2.41. The van der Waals surface area contributed by atoms with Gasteiger partial charge in [0, 0.05) is 12.5 Å². The van der Waals surface area contributed by atoms with E-state index >= 15 is 0 Å². The van der Waals surface area contributed by atoms with Crippen LogP contribution in [0.5, 0.6) is 0 Å². The molecule has 1 rings (SSSR count). The largest absolute Gasteiger partial charge is 0.490 e. The van der Waals surface area contributed by atoms with Gasteiger partial charge in [-0.2, -0.15) is 18.4 Å². The van der Waals surface area contributed by atoms with Gasteiger partial charge in [-0.25, -0.2) is 4.79 Å². The monoisotopic (exact) mass is 324 g/mol.